The average Bonchev–Trinajstić information content (AvgIpc) is 3.56. The first kappa shape index (κ1) is 36.3. The van der Waals surface area contributed by atoms with Crippen LogP contribution in [0, 0.1) is 17.3 Å². The molecule has 2 aliphatic heterocycles. The molecule has 12 nitrogen and oxygen atoms in total. The van der Waals surface area contributed by atoms with Crippen molar-refractivity contribution in [3.8, 4) is 0 Å². The molecular formula is C33H56BN3O9. The van der Waals surface area contributed by atoms with Gasteiger partial charge >= 0.3 is 25.3 Å². The molecule has 7 unspecified atom stereocenters. The molecular weight excluding hydrogens is 593 g/mol. The molecule has 3 amide bonds. The minimum absolute atomic E-state index is 0.0305. The minimum Gasteiger partial charge on any atom is -0.464 e. The molecule has 46 heavy (non-hydrogen) atoms. The highest BCUT2D eigenvalue weighted by atomic mass is 16.7. The zero-order chi connectivity index (χ0) is 34.2. The second-order valence-corrected chi connectivity index (χ2v) is 15.9. The predicted molar refractivity (Wildman–Crippen MR) is 172 cm³/mol. The zero-order valence-corrected chi connectivity index (χ0v) is 29.5. The first-order valence-corrected chi connectivity index (χ1v) is 17.1. The molecule has 13 heteroatoms. The van der Waals surface area contributed by atoms with Crippen LogP contribution in [-0.2, 0) is 33.1 Å². The van der Waals surface area contributed by atoms with Gasteiger partial charge in [-0.1, -0.05) is 27.7 Å². The number of nitrogens with one attached hydrogen (secondary N) is 2. The second kappa shape index (κ2) is 13.5. The Morgan fingerprint density at radius 1 is 0.957 bits per heavy atom. The molecule has 7 atom stereocenters. The molecule has 5 fully saturated rings. The maximum atomic E-state index is 13.8. The highest BCUT2D eigenvalue weighted by molar-refractivity contribution is 6.48. The Labute approximate surface area is 274 Å². The summed E-state index contributed by atoms with van der Waals surface area (Å²) in [5.41, 5.74) is -1.80. The number of hydrogen-bond acceptors (Lipinski definition) is 9. The number of carbonyl (C=O) groups is 4. The van der Waals surface area contributed by atoms with Crippen molar-refractivity contribution >= 4 is 31.2 Å². The lowest BCUT2D eigenvalue weighted by atomic mass is 9.43. The lowest BCUT2D eigenvalue weighted by molar-refractivity contribution is -0.199. The van der Waals surface area contributed by atoms with Crippen molar-refractivity contribution < 1.29 is 42.7 Å². The number of amides is 3. The van der Waals surface area contributed by atoms with Gasteiger partial charge in [0.25, 0.3) is 0 Å². The Balaban J connectivity index is 1.25. The molecule has 5 rings (SSSR count). The van der Waals surface area contributed by atoms with Crippen LogP contribution >= 0.6 is 0 Å². The summed E-state index contributed by atoms with van der Waals surface area (Å²) in [4.78, 5) is 53.2. The van der Waals surface area contributed by atoms with Gasteiger partial charge in [-0.25, -0.2) is 14.4 Å². The summed E-state index contributed by atoms with van der Waals surface area (Å²) in [6.45, 7) is 19.6. The number of nitrogens with zero attached hydrogens (tertiary/aromatic N) is 1. The van der Waals surface area contributed by atoms with Crippen LogP contribution < -0.4 is 10.6 Å². The smallest absolute Gasteiger partial charge is 0.464 e. The van der Waals surface area contributed by atoms with Crippen LogP contribution in [0.3, 0.4) is 0 Å². The zero-order valence-electron chi connectivity index (χ0n) is 29.5. The Kier molecular flexibility index (Phi) is 10.7. The summed E-state index contributed by atoms with van der Waals surface area (Å²) in [6, 6.07) is -1.63. The largest absolute Gasteiger partial charge is 0.481 e. The molecule has 2 saturated heterocycles. The van der Waals surface area contributed by atoms with Crippen LogP contribution in [0.25, 0.3) is 0 Å². The monoisotopic (exact) mass is 649 g/mol. The van der Waals surface area contributed by atoms with Crippen molar-refractivity contribution in [1.29, 1.82) is 0 Å². The molecule has 2 N–H and O–H groups in total. The van der Waals surface area contributed by atoms with Gasteiger partial charge < -0.3 is 39.1 Å². The maximum absolute atomic E-state index is 13.8. The van der Waals surface area contributed by atoms with Crippen LogP contribution in [0.2, 0.25) is 0 Å². The average molecular weight is 650 g/mol. The number of ether oxygens (including phenoxy) is 3. The lowest BCUT2D eigenvalue weighted by Crippen LogP contribution is -2.65. The first-order valence-electron chi connectivity index (χ1n) is 17.1. The Morgan fingerprint density at radius 3 is 2.20 bits per heavy atom. The Bertz CT molecular complexity index is 1160. The third kappa shape index (κ3) is 7.77. The van der Waals surface area contributed by atoms with Crippen LogP contribution in [0.5, 0.6) is 0 Å². The van der Waals surface area contributed by atoms with E-state index in [9.17, 15) is 19.2 Å². The van der Waals surface area contributed by atoms with Gasteiger partial charge in [-0.2, -0.15) is 0 Å². The van der Waals surface area contributed by atoms with E-state index in [2.05, 4.69) is 31.4 Å². The predicted octanol–water partition coefficient (Wildman–Crippen LogP) is 4.76. The molecule has 0 aromatic rings. The van der Waals surface area contributed by atoms with Crippen molar-refractivity contribution in [2.24, 2.45) is 17.3 Å². The molecule has 0 radical (unpaired) electrons. The molecule has 5 aliphatic rings. The fourth-order valence-electron chi connectivity index (χ4n) is 7.70. The molecule has 2 bridgehead atoms. The summed E-state index contributed by atoms with van der Waals surface area (Å²) in [5, 5.41) is 5.28. The van der Waals surface area contributed by atoms with E-state index in [0.717, 1.165) is 25.7 Å². The van der Waals surface area contributed by atoms with E-state index >= 15 is 0 Å². The number of carbonyl (C=O) groups excluding carboxylic acids is 4. The van der Waals surface area contributed by atoms with E-state index in [1.54, 1.807) is 41.5 Å². The van der Waals surface area contributed by atoms with Gasteiger partial charge in [0.1, 0.15) is 23.3 Å². The third-order valence-corrected chi connectivity index (χ3v) is 10.6. The van der Waals surface area contributed by atoms with Crippen LogP contribution in [0.4, 0.5) is 9.59 Å². The van der Waals surface area contributed by atoms with Crippen LogP contribution in [-0.4, -0.2) is 90.2 Å². The molecule has 0 aromatic carbocycles. The van der Waals surface area contributed by atoms with Crippen LogP contribution in [0.1, 0.15) is 114 Å². The molecule has 260 valence electrons. The van der Waals surface area contributed by atoms with Crippen LogP contribution in [0.15, 0.2) is 0 Å². The Morgan fingerprint density at radius 2 is 1.59 bits per heavy atom. The van der Waals surface area contributed by atoms with E-state index in [1.807, 2.05) is 11.8 Å². The molecule has 2 heterocycles. The fraction of sp³-hybridized carbons (Fsp3) is 0.879. The number of likely N-dealkylation sites (tertiary alicyclic amines) is 1. The molecule has 0 spiro atoms. The van der Waals surface area contributed by atoms with Crippen molar-refractivity contribution in [1.82, 2.24) is 15.5 Å². The fourth-order valence-corrected chi connectivity index (χ4v) is 7.70. The number of rotatable bonds is 11. The molecule has 0 aromatic heterocycles. The quantitative estimate of drug-likeness (QED) is 0.184. The van der Waals surface area contributed by atoms with E-state index in [0.29, 0.717) is 31.2 Å². The number of alkyl carbamates (subject to hydrolysis) is 2. The lowest BCUT2D eigenvalue weighted by Gasteiger charge is -2.64. The highest BCUT2D eigenvalue weighted by Crippen LogP contribution is 2.66. The minimum atomic E-state index is -0.992. The first-order chi connectivity index (χ1) is 21.3. The highest BCUT2D eigenvalue weighted by Gasteiger charge is 2.69. The van der Waals surface area contributed by atoms with Gasteiger partial charge in [-0.15, -0.1) is 0 Å². The molecule has 3 aliphatic carbocycles. The van der Waals surface area contributed by atoms with Gasteiger partial charge in [-0.3, -0.25) is 4.79 Å². The summed E-state index contributed by atoms with van der Waals surface area (Å²) < 4.78 is 29.4. The van der Waals surface area contributed by atoms with Crippen molar-refractivity contribution in [3.63, 3.8) is 0 Å². The summed E-state index contributed by atoms with van der Waals surface area (Å²) in [6.07, 6.45) is 3.32. The van der Waals surface area contributed by atoms with Crippen molar-refractivity contribution in [2.75, 3.05) is 13.2 Å². The summed E-state index contributed by atoms with van der Waals surface area (Å²) in [5.74, 6) is 0.103. The topological polar surface area (TPSA) is 142 Å². The SMILES string of the molecule is CCC(NC(=O)OC(C)(C)C)C(=O)OCCC(C)(C)OC(=O)NC(CC)C(=O)N1CCCC1B1OC2CC3CC(C3(C)C)C2(C)O1. The van der Waals surface area contributed by atoms with E-state index < -0.39 is 48.6 Å². The molecule has 3 saturated carbocycles. The van der Waals surface area contributed by atoms with E-state index in [1.165, 1.54) is 0 Å². The van der Waals surface area contributed by atoms with Gasteiger partial charge in [-0.05, 0) is 97.3 Å². The van der Waals surface area contributed by atoms with Gasteiger partial charge in [0.05, 0.1) is 24.3 Å². The van der Waals surface area contributed by atoms with Gasteiger partial charge in [0, 0.05) is 13.0 Å². The second-order valence-electron chi connectivity index (χ2n) is 15.9. The standard InChI is InChI=1S/C33H56BN3O9/c1-11-21(35-29(41)44-31(6,7)15-17-42-27(39)22(12-2)36-28(40)43-30(3,4)5)26(38)37-16-13-14-25(37)34-45-24-19-20-18-23(32(20,8)9)33(24,10)46-34/h20-25H,11-19H2,1-10H3,(H,35,41)(H,36,40). The Hall–Kier alpha value is -2.54. The summed E-state index contributed by atoms with van der Waals surface area (Å²) in [7, 11) is -0.477. The van der Waals surface area contributed by atoms with E-state index in [-0.39, 0.29) is 42.0 Å². The van der Waals surface area contributed by atoms with Gasteiger partial charge in [0.2, 0.25) is 5.91 Å². The van der Waals surface area contributed by atoms with Crippen molar-refractivity contribution in [3.05, 3.63) is 0 Å². The summed E-state index contributed by atoms with van der Waals surface area (Å²) >= 11 is 0. The van der Waals surface area contributed by atoms with Gasteiger partial charge in [0.15, 0.2) is 0 Å². The number of hydrogen-bond donors (Lipinski definition) is 2. The number of esters is 1. The third-order valence-electron chi connectivity index (χ3n) is 10.6. The normalized spacial score (nSPS) is 29.6. The van der Waals surface area contributed by atoms with Crippen molar-refractivity contribution in [2.45, 2.75) is 155 Å². The van der Waals surface area contributed by atoms with E-state index in [4.69, 9.17) is 23.5 Å². The maximum Gasteiger partial charge on any atom is 0.481 e.